The van der Waals surface area contributed by atoms with E-state index in [1.165, 1.54) is 5.41 Å². The summed E-state index contributed by atoms with van der Waals surface area (Å²) in [6.45, 7) is 1.90. The molecule has 2 aromatic carbocycles. The van der Waals surface area contributed by atoms with Crippen LogP contribution in [0, 0.1) is 6.92 Å². The monoisotopic (exact) mass is 351 g/mol. The first-order valence-electron chi connectivity index (χ1n) is 5.98. The SMILES string of the molecule is Cc1cc(NS(=O)(=O)/C=C/c2ccccc2)ccc1Br. The van der Waals surface area contributed by atoms with Gasteiger partial charge in [0.05, 0.1) is 5.41 Å². The summed E-state index contributed by atoms with van der Waals surface area (Å²) in [6, 6.07) is 14.6. The predicted molar refractivity (Wildman–Crippen MR) is 86.9 cm³/mol. The van der Waals surface area contributed by atoms with Gasteiger partial charge in [0.2, 0.25) is 0 Å². The molecule has 0 unspecified atom stereocenters. The summed E-state index contributed by atoms with van der Waals surface area (Å²) in [5, 5.41) is 1.17. The molecule has 3 nitrogen and oxygen atoms in total. The lowest BCUT2D eigenvalue weighted by molar-refractivity contribution is 0.609. The predicted octanol–water partition coefficient (Wildman–Crippen LogP) is 4.17. The number of nitrogens with one attached hydrogen (secondary N) is 1. The molecule has 0 aliphatic heterocycles. The first-order chi connectivity index (χ1) is 9.46. The van der Waals surface area contributed by atoms with Crippen molar-refractivity contribution in [3.63, 3.8) is 0 Å². The molecule has 0 spiro atoms. The summed E-state index contributed by atoms with van der Waals surface area (Å²) < 4.78 is 27.4. The van der Waals surface area contributed by atoms with E-state index < -0.39 is 10.0 Å². The second kappa shape index (κ2) is 6.24. The Hall–Kier alpha value is -1.59. The van der Waals surface area contributed by atoms with Crippen molar-refractivity contribution in [1.29, 1.82) is 0 Å². The molecule has 5 heteroatoms. The lowest BCUT2D eigenvalue weighted by atomic mass is 10.2. The summed E-state index contributed by atoms with van der Waals surface area (Å²) >= 11 is 3.38. The summed E-state index contributed by atoms with van der Waals surface area (Å²) in [7, 11) is -3.51. The van der Waals surface area contributed by atoms with Gasteiger partial charge in [-0.25, -0.2) is 8.42 Å². The van der Waals surface area contributed by atoms with Crippen molar-refractivity contribution in [3.05, 3.63) is 69.5 Å². The number of aryl methyl sites for hydroxylation is 1. The number of hydrogen-bond donors (Lipinski definition) is 1. The molecule has 0 saturated carbocycles. The van der Waals surface area contributed by atoms with Crippen molar-refractivity contribution >= 4 is 37.7 Å². The van der Waals surface area contributed by atoms with Gasteiger partial charge in [0.1, 0.15) is 0 Å². The minimum Gasteiger partial charge on any atom is -0.280 e. The molecule has 104 valence electrons. The second-order valence-electron chi connectivity index (χ2n) is 4.32. The van der Waals surface area contributed by atoms with Crippen LogP contribution in [0.4, 0.5) is 5.69 Å². The lowest BCUT2D eigenvalue weighted by Crippen LogP contribution is -2.08. The standard InChI is InChI=1S/C15H14BrNO2S/c1-12-11-14(7-8-15(12)16)17-20(18,19)10-9-13-5-3-2-4-6-13/h2-11,17H,1H3/b10-9+. The van der Waals surface area contributed by atoms with E-state index in [0.29, 0.717) is 5.69 Å². The molecule has 0 radical (unpaired) electrons. The van der Waals surface area contributed by atoms with Gasteiger partial charge in [-0.15, -0.1) is 0 Å². The van der Waals surface area contributed by atoms with Gasteiger partial charge in [-0.05, 0) is 42.3 Å². The molecule has 0 atom stereocenters. The Morgan fingerprint density at radius 1 is 1.10 bits per heavy atom. The zero-order chi connectivity index (χ0) is 14.6. The van der Waals surface area contributed by atoms with Crippen LogP contribution in [0.15, 0.2) is 58.4 Å². The van der Waals surface area contributed by atoms with Gasteiger partial charge in [-0.3, -0.25) is 4.72 Å². The Balaban J connectivity index is 2.15. The number of anilines is 1. The van der Waals surface area contributed by atoms with Crippen LogP contribution in [0.2, 0.25) is 0 Å². The molecule has 0 aliphatic rings. The van der Waals surface area contributed by atoms with Crippen molar-refractivity contribution < 1.29 is 8.42 Å². The largest absolute Gasteiger partial charge is 0.280 e. The maximum absolute atomic E-state index is 12.0. The highest BCUT2D eigenvalue weighted by Gasteiger charge is 2.06. The van der Waals surface area contributed by atoms with Crippen molar-refractivity contribution in [1.82, 2.24) is 0 Å². The lowest BCUT2D eigenvalue weighted by Gasteiger charge is -2.06. The van der Waals surface area contributed by atoms with E-state index in [4.69, 9.17) is 0 Å². The summed E-state index contributed by atoms with van der Waals surface area (Å²) in [4.78, 5) is 0. The molecule has 2 aromatic rings. The first-order valence-corrected chi connectivity index (χ1v) is 8.32. The van der Waals surface area contributed by atoms with Gasteiger partial charge in [0.25, 0.3) is 10.0 Å². The second-order valence-corrected chi connectivity index (χ2v) is 6.75. The fourth-order valence-electron chi connectivity index (χ4n) is 1.64. The number of hydrogen-bond acceptors (Lipinski definition) is 2. The molecular weight excluding hydrogens is 338 g/mol. The maximum Gasteiger partial charge on any atom is 0.255 e. The van der Waals surface area contributed by atoms with Crippen molar-refractivity contribution in [2.75, 3.05) is 4.72 Å². The Kier molecular flexibility index (Phi) is 4.62. The van der Waals surface area contributed by atoms with E-state index in [0.717, 1.165) is 15.6 Å². The number of rotatable bonds is 4. The highest BCUT2D eigenvalue weighted by molar-refractivity contribution is 9.10. The Morgan fingerprint density at radius 3 is 2.45 bits per heavy atom. The van der Waals surface area contributed by atoms with Gasteiger partial charge < -0.3 is 0 Å². The highest BCUT2D eigenvalue weighted by Crippen LogP contribution is 2.21. The number of sulfonamides is 1. The normalized spacial score (nSPS) is 11.7. The molecule has 0 fully saturated rings. The molecule has 1 N–H and O–H groups in total. The van der Waals surface area contributed by atoms with Crippen LogP contribution in [0.5, 0.6) is 0 Å². The van der Waals surface area contributed by atoms with Crippen LogP contribution in [0.25, 0.3) is 6.08 Å². The summed E-state index contributed by atoms with van der Waals surface area (Å²) in [5.74, 6) is 0. The Bertz CT molecular complexity index is 725. The summed E-state index contributed by atoms with van der Waals surface area (Å²) in [6.07, 6.45) is 1.56. The topological polar surface area (TPSA) is 46.2 Å². The van der Waals surface area contributed by atoms with E-state index in [9.17, 15) is 8.42 Å². The summed E-state index contributed by atoms with van der Waals surface area (Å²) in [5.41, 5.74) is 2.35. The van der Waals surface area contributed by atoms with Crippen molar-refractivity contribution in [2.45, 2.75) is 6.92 Å². The van der Waals surface area contributed by atoms with Gasteiger partial charge in [0, 0.05) is 10.2 Å². The van der Waals surface area contributed by atoms with Crippen LogP contribution >= 0.6 is 15.9 Å². The average molecular weight is 352 g/mol. The average Bonchev–Trinajstić information content (AvgIpc) is 2.42. The van der Waals surface area contributed by atoms with Crippen LogP contribution in [0.3, 0.4) is 0 Å². The van der Waals surface area contributed by atoms with E-state index in [2.05, 4.69) is 20.7 Å². The van der Waals surface area contributed by atoms with Crippen LogP contribution in [0.1, 0.15) is 11.1 Å². The van der Waals surface area contributed by atoms with Crippen LogP contribution in [-0.2, 0) is 10.0 Å². The quantitative estimate of drug-likeness (QED) is 0.898. The van der Waals surface area contributed by atoms with E-state index in [-0.39, 0.29) is 0 Å². The maximum atomic E-state index is 12.0. The zero-order valence-electron chi connectivity index (χ0n) is 10.9. The molecule has 0 heterocycles. The van der Waals surface area contributed by atoms with Crippen LogP contribution < -0.4 is 4.72 Å². The van der Waals surface area contributed by atoms with E-state index >= 15 is 0 Å². The fraction of sp³-hybridized carbons (Fsp3) is 0.0667. The molecule has 0 bridgehead atoms. The molecular formula is C15H14BrNO2S. The molecule has 0 aliphatic carbocycles. The minimum absolute atomic E-state index is 0.545. The fourth-order valence-corrected chi connectivity index (χ4v) is 2.75. The van der Waals surface area contributed by atoms with Crippen molar-refractivity contribution in [3.8, 4) is 0 Å². The molecule has 0 amide bonds. The highest BCUT2D eigenvalue weighted by atomic mass is 79.9. The Morgan fingerprint density at radius 2 is 1.80 bits per heavy atom. The number of halogens is 1. The molecule has 0 saturated heterocycles. The van der Waals surface area contributed by atoms with Gasteiger partial charge in [0.15, 0.2) is 0 Å². The Labute approximate surface area is 127 Å². The van der Waals surface area contributed by atoms with Gasteiger partial charge in [-0.1, -0.05) is 46.3 Å². The first kappa shape index (κ1) is 14.8. The zero-order valence-corrected chi connectivity index (χ0v) is 13.3. The molecule has 0 aromatic heterocycles. The third kappa shape index (κ3) is 4.21. The number of benzene rings is 2. The van der Waals surface area contributed by atoms with Crippen molar-refractivity contribution in [2.24, 2.45) is 0 Å². The minimum atomic E-state index is -3.51. The molecule has 2 rings (SSSR count). The van der Waals surface area contributed by atoms with Crippen LogP contribution in [-0.4, -0.2) is 8.42 Å². The van der Waals surface area contributed by atoms with E-state index in [1.54, 1.807) is 18.2 Å². The third-order valence-corrected chi connectivity index (χ3v) is 4.56. The third-order valence-electron chi connectivity index (χ3n) is 2.66. The van der Waals surface area contributed by atoms with E-state index in [1.807, 2.05) is 43.3 Å². The van der Waals surface area contributed by atoms with Gasteiger partial charge in [-0.2, -0.15) is 0 Å². The van der Waals surface area contributed by atoms with Gasteiger partial charge >= 0.3 is 0 Å². The smallest absolute Gasteiger partial charge is 0.255 e. The molecule has 20 heavy (non-hydrogen) atoms.